The molecule has 0 aromatic heterocycles. The average Bonchev–Trinajstić information content (AvgIpc) is 3.04. The van der Waals surface area contributed by atoms with E-state index in [1.54, 1.807) is 0 Å². The van der Waals surface area contributed by atoms with Crippen LogP contribution in [0.1, 0.15) is 91.9 Å². The van der Waals surface area contributed by atoms with Crippen LogP contribution in [0.2, 0.25) is 0 Å². The maximum Gasteiger partial charge on any atom is 0.308 e. The highest BCUT2D eigenvalue weighted by atomic mass is 16.5. The Morgan fingerprint density at radius 1 is 1.20 bits per heavy atom. The second-order valence-electron chi connectivity index (χ2n) is 9.22. The zero-order valence-electron chi connectivity index (χ0n) is 19.4. The Bertz CT molecular complexity index is 544. The lowest BCUT2D eigenvalue weighted by atomic mass is 9.95. The molecule has 0 bridgehead atoms. The summed E-state index contributed by atoms with van der Waals surface area (Å²) in [6.45, 7) is 12.1. The molecule has 0 unspecified atom stereocenters. The van der Waals surface area contributed by atoms with E-state index in [0.717, 1.165) is 63.1 Å². The summed E-state index contributed by atoms with van der Waals surface area (Å²) in [6.07, 6.45) is 10.3. The second-order valence-corrected chi connectivity index (χ2v) is 9.22. The molecule has 1 rings (SSSR count). The van der Waals surface area contributed by atoms with Crippen LogP contribution >= 0.6 is 0 Å². The van der Waals surface area contributed by atoms with Crippen molar-refractivity contribution < 1.29 is 23.9 Å². The molecule has 0 aliphatic carbocycles. The van der Waals surface area contributed by atoms with Crippen LogP contribution in [0, 0.1) is 17.8 Å². The fourth-order valence-electron chi connectivity index (χ4n) is 4.24. The summed E-state index contributed by atoms with van der Waals surface area (Å²) in [5, 5.41) is 0. The number of esters is 1. The molecular weight excluding hydrogens is 380 g/mol. The Morgan fingerprint density at radius 2 is 1.93 bits per heavy atom. The highest BCUT2D eigenvalue weighted by Gasteiger charge is 2.31. The Balaban J connectivity index is 2.33. The van der Waals surface area contributed by atoms with Crippen molar-refractivity contribution in [2.24, 2.45) is 17.8 Å². The standard InChI is InChI=1S/C25H42O5/c1-6-9-22(15-18(2)14-19(3)17-27)30-25(28)20(4)10-7-8-11-24-21(5)16-23(29-24)12-13-26/h13,17,19-24H,2,6-12,14-16H2,1,3-5H3/t19-,20+,21+,22-,23+,24+/m1/s1. The molecule has 1 aliphatic heterocycles. The maximum atomic E-state index is 12.5. The van der Waals surface area contributed by atoms with Crippen LogP contribution in [0.15, 0.2) is 12.2 Å². The van der Waals surface area contributed by atoms with Crippen molar-refractivity contribution in [3.63, 3.8) is 0 Å². The zero-order valence-corrected chi connectivity index (χ0v) is 19.4. The summed E-state index contributed by atoms with van der Waals surface area (Å²) in [6, 6.07) is 0. The summed E-state index contributed by atoms with van der Waals surface area (Å²) in [5.41, 5.74) is 0.965. The number of carbonyl (C=O) groups is 3. The number of hydrogen-bond acceptors (Lipinski definition) is 5. The molecule has 172 valence electrons. The molecule has 0 radical (unpaired) electrons. The predicted molar refractivity (Wildman–Crippen MR) is 119 cm³/mol. The van der Waals surface area contributed by atoms with Crippen LogP contribution in [-0.2, 0) is 23.9 Å². The SMILES string of the molecule is C=C(C[C@@H](CCC)OC(=O)[C@@H](C)CCCC[C@@H]1O[C@@H](CC=O)C[C@@H]1C)C[C@@H](C)C=O. The minimum absolute atomic E-state index is 0.0466. The van der Waals surface area contributed by atoms with Crippen molar-refractivity contribution in [3.8, 4) is 0 Å². The molecule has 1 fully saturated rings. The van der Waals surface area contributed by atoms with Crippen LogP contribution in [0.25, 0.3) is 0 Å². The van der Waals surface area contributed by atoms with E-state index in [0.29, 0.717) is 25.2 Å². The van der Waals surface area contributed by atoms with Crippen molar-refractivity contribution in [3.05, 3.63) is 12.2 Å². The van der Waals surface area contributed by atoms with Crippen molar-refractivity contribution in [1.82, 2.24) is 0 Å². The third-order valence-electron chi connectivity index (χ3n) is 6.03. The average molecular weight is 423 g/mol. The first-order chi connectivity index (χ1) is 14.3. The molecule has 0 amide bonds. The van der Waals surface area contributed by atoms with Gasteiger partial charge in [-0.2, -0.15) is 0 Å². The van der Waals surface area contributed by atoms with E-state index in [1.165, 1.54) is 0 Å². The number of hydrogen-bond donors (Lipinski definition) is 0. The van der Waals surface area contributed by atoms with Gasteiger partial charge < -0.3 is 19.1 Å². The summed E-state index contributed by atoms with van der Waals surface area (Å²) in [7, 11) is 0. The van der Waals surface area contributed by atoms with Gasteiger partial charge in [0.25, 0.3) is 0 Å². The van der Waals surface area contributed by atoms with Gasteiger partial charge in [0.2, 0.25) is 0 Å². The molecule has 0 saturated carbocycles. The van der Waals surface area contributed by atoms with E-state index < -0.39 is 0 Å². The molecule has 6 atom stereocenters. The predicted octanol–water partition coefficient (Wildman–Crippen LogP) is 5.45. The third kappa shape index (κ3) is 10.0. The van der Waals surface area contributed by atoms with Gasteiger partial charge in [-0.15, -0.1) is 0 Å². The molecule has 0 spiro atoms. The highest BCUT2D eigenvalue weighted by Crippen LogP contribution is 2.31. The minimum atomic E-state index is -0.154. The van der Waals surface area contributed by atoms with E-state index in [9.17, 15) is 14.4 Å². The fourth-order valence-corrected chi connectivity index (χ4v) is 4.24. The molecule has 1 aliphatic rings. The van der Waals surface area contributed by atoms with Crippen LogP contribution < -0.4 is 0 Å². The van der Waals surface area contributed by atoms with Gasteiger partial charge in [-0.05, 0) is 38.0 Å². The third-order valence-corrected chi connectivity index (χ3v) is 6.03. The van der Waals surface area contributed by atoms with E-state index in [2.05, 4.69) is 20.4 Å². The van der Waals surface area contributed by atoms with E-state index in [1.807, 2.05) is 13.8 Å². The highest BCUT2D eigenvalue weighted by molar-refractivity contribution is 5.72. The van der Waals surface area contributed by atoms with Crippen LogP contribution in [0.3, 0.4) is 0 Å². The lowest BCUT2D eigenvalue weighted by Crippen LogP contribution is -2.24. The van der Waals surface area contributed by atoms with Gasteiger partial charge >= 0.3 is 5.97 Å². The topological polar surface area (TPSA) is 69.7 Å². The van der Waals surface area contributed by atoms with Gasteiger partial charge in [-0.25, -0.2) is 0 Å². The molecule has 5 heteroatoms. The zero-order chi connectivity index (χ0) is 22.5. The first kappa shape index (κ1) is 26.5. The molecule has 1 saturated heterocycles. The number of rotatable bonds is 16. The summed E-state index contributed by atoms with van der Waals surface area (Å²) >= 11 is 0. The number of ether oxygens (including phenoxy) is 2. The lowest BCUT2D eigenvalue weighted by Gasteiger charge is -2.21. The Hall–Kier alpha value is -1.49. The Kier molecular flexibility index (Phi) is 12.8. The molecule has 0 N–H and O–H groups in total. The summed E-state index contributed by atoms with van der Waals surface area (Å²) < 4.78 is 11.7. The summed E-state index contributed by atoms with van der Waals surface area (Å²) in [4.78, 5) is 34.1. The quantitative estimate of drug-likeness (QED) is 0.143. The van der Waals surface area contributed by atoms with Gasteiger partial charge in [-0.3, -0.25) is 4.79 Å². The molecular formula is C25H42O5. The van der Waals surface area contributed by atoms with Crippen LogP contribution in [0.5, 0.6) is 0 Å². The van der Waals surface area contributed by atoms with Crippen LogP contribution in [-0.4, -0.2) is 36.9 Å². The van der Waals surface area contributed by atoms with Gasteiger partial charge in [0.15, 0.2) is 0 Å². The molecule has 0 aromatic rings. The largest absolute Gasteiger partial charge is 0.462 e. The lowest BCUT2D eigenvalue weighted by molar-refractivity contribution is -0.154. The molecule has 5 nitrogen and oxygen atoms in total. The van der Waals surface area contributed by atoms with Crippen molar-refractivity contribution in [2.45, 2.75) is 110 Å². The molecule has 0 aromatic carbocycles. The van der Waals surface area contributed by atoms with E-state index >= 15 is 0 Å². The smallest absolute Gasteiger partial charge is 0.308 e. The van der Waals surface area contributed by atoms with Crippen molar-refractivity contribution >= 4 is 18.5 Å². The van der Waals surface area contributed by atoms with Gasteiger partial charge in [0.05, 0.1) is 18.1 Å². The molecule has 1 heterocycles. The summed E-state index contributed by atoms with van der Waals surface area (Å²) in [5.74, 6) is 0.175. The van der Waals surface area contributed by atoms with Crippen molar-refractivity contribution in [2.75, 3.05) is 0 Å². The number of unbranched alkanes of at least 4 members (excludes halogenated alkanes) is 1. The van der Waals surface area contributed by atoms with E-state index in [-0.39, 0.29) is 36.1 Å². The normalized spacial score (nSPS) is 24.1. The first-order valence-electron chi connectivity index (χ1n) is 11.7. The maximum absolute atomic E-state index is 12.5. The van der Waals surface area contributed by atoms with Crippen molar-refractivity contribution in [1.29, 1.82) is 0 Å². The van der Waals surface area contributed by atoms with Gasteiger partial charge in [0.1, 0.15) is 18.7 Å². The second kappa shape index (κ2) is 14.5. The molecule has 30 heavy (non-hydrogen) atoms. The number of aldehydes is 2. The van der Waals surface area contributed by atoms with Gasteiger partial charge in [0, 0.05) is 18.8 Å². The Labute approximate surface area is 183 Å². The van der Waals surface area contributed by atoms with E-state index in [4.69, 9.17) is 9.47 Å². The first-order valence-corrected chi connectivity index (χ1v) is 11.7. The van der Waals surface area contributed by atoms with Gasteiger partial charge in [-0.1, -0.05) is 59.1 Å². The minimum Gasteiger partial charge on any atom is -0.462 e. The number of carbonyl (C=O) groups excluding carboxylic acids is 3. The monoisotopic (exact) mass is 422 g/mol. The van der Waals surface area contributed by atoms with Crippen LogP contribution in [0.4, 0.5) is 0 Å². The fraction of sp³-hybridized carbons (Fsp3) is 0.800. The Morgan fingerprint density at radius 3 is 2.57 bits per heavy atom.